The van der Waals surface area contributed by atoms with Gasteiger partial charge in [0.25, 0.3) is 0 Å². The molecule has 4 saturated carbocycles. The Morgan fingerprint density at radius 1 is 0.815 bits per heavy atom. The van der Waals surface area contributed by atoms with Crippen molar-refractivity contribution in [3.05, 3.63) is 54.2 Å². The van der Waals surface area contributed by atoms with E-state index in [4.69, 9.17) is 9.72 Å². The first-order chi connectivity index (χ1) is 13.3. The minimum Gasteiger partial charge on any atom is -0.480 e. The normalized spacial score (nSPS) is 35.7. The third kappa shape index (κ3) is 1.79. The lowest BCUT2D eigenvalue weighted by Gasteiger charge is -2.60. The maximum Gasteiger partial charge on any atom is 0.154 e. The first kappa shape index (κ1) is 14.7. The Hall–Kier alpha value is -2.35. The Morgan fingerprint density at radius 3 is 2.30 bits per heavy atom. The van der Waals surface area contributed by atoms with Crippen LogP contribution in [-0.2, 0) is 0 Å². The van der Waals surface area contributed by atoms with Gasteiger partial charge in [0.15, 0.2) is 5.75 Å². The van der Waals surface area contributed by atoms with Gasteiger partial charge in [-0.25, -0.2) is 0 Å². The summed E-state index contributed by atoms with van der Waals surface area (Å²) in [5.74, 6) is 4.29. The van der Waals surface area contributed by atoms with E-state index in [9.17, 15) is 0 Å². The van der Waals surface area contributed by atoms with Crippen LogP contribution in [0.1, 0.15) is 37.7 Å². The number of fused-ring (bicyclic) bond motifs is 6. The summed E-state index contributed by atoms with van der Waals surface area (Å²) in [5.41, 5.74) is 2.16. The quantitative estimate of drug-likeness (QED) is 0.463. The number of nitrogens with zero attached hydrogens (tertiary/aromatic N) is 1. The number of rotatable bonds is 0. The molecule has 0 atom stereocenters. The largest absolute Gasteiger partial charge is 0.480 e. The number of hydrogen-bond acceptors (Lipinski definition) is 2. The van der Waals surface area contributed by atoms with Crippen LogP contribution in [0.3, 0.4) is 0 Å². The predicted molar refractivity (Wildman–Crippen MR) is 109 cm³/mol. The molecule has 4 bridgehead atoms. The second kappa shape index (κ2) is 4.92. The van der Waals surface area contributed by atoms with E-state index in [0.29, 0.717) is 11.8 Å². The first-order valence-electron chi connectivity index (χ1n) is 10.5. The van der Waals surface area contributed by atoms with Gasteiger partial charge < -0.3 is 4.74 Å². The van der Waals surface area contributed by atoms with Crippen LogP contribution in [0.25, 0.3) is 27.8 Å². The maximum atomic E-state index is 7.07. The molecule has 2 nitrogen and oxygen atoms in total. The van der Waals surface area contributed by atoms with Crippen LogP contribution >= 0.6 is 0 Å². The molecule has 1 aromatic heterocycles. The smallest absolute Gasteiger partial charge is 0.154 e. The molecular formula is C25H23NO. The minimum absolute atomic E-state index is 0.0900. The zero-order valence-electron chi connectivity index (χ0n) is 15.4. The maximum absolute atomic E-state index is 7.07. The molecule has 8 rings (SSSR count). The minimum atomic E-state index is -0.0900. The fourth-order valence-corrected chi connectivity index (χ4v) is 7.06. The van der Waals surface area contributed by atoms with Crippen LogP contribution in [0.4, 0.5) is 0 Å². The van der Waals surface area contributed by atoms with Crippen molar-refractivity contribution in [1.29, 1.82) is 0 Å². The molecular weight excluding hydrogens is 330 g/mol. The standard InChI is InChI=1S/C25H23NO/c1-2-5-20-19(4-1)21-6-3-9-26-23(21)24-22(20)7-8-25(27-24)17-11-15-10-16(13-17)14-18(25)12-15/h1-9,15-18H,10-14H2. The monoisotopic (exact) mass is 353 g/mol. The van der Waals surface area contributed by atoms with Gasteiger partial charge in [0.05, 0.1) is 0 Å². The molecule has 2 aromatic carbocycles. The molecule has 0 N–H and O–H groups in total. The fraction of sp³-hybridized carbons (Fsp3) is 0.400. The molecule has 0 amide bonds. The molecule has 1 aliphatic heterocycles. The summed E-state index contributed by atoms with van der Waals surface area (Å²) < 4.78 is 7.07. The molecule has 134 valence electrons. The number of ether oxygens (including phenoxy) is 1. The number of pyridine rings is 1. The van der Waals surface area contributed by atoms with E-state index in [-0.39, 0.29) is 5.60 Å². The van der Waals surface area contributed by atoms with Crippen molar-refractivity contribution in [3.8, 4) is 5.75 Å². The van der Waals surface area contributed by atoms with Gasteiger partial charge in [0.2, 0.25) is 0 Å². The van der Waals surface area contributed by atoms with E-state index in [0.717, 1.165) is 23.1 Å². The second-order valence-electron chi connectivity index (χ2n) is 9.28. The fourth-order valence-electron chi connectivity index (χ4n) is 7.06. The van der Waals surface area contributed by atoms with Crippen LogP contribution in [0.15, 0.2) is 48.7 Å². The van der Waals surface area contributed by atoms with Crippen LogP contribution in [0.5, 0.6) is 5.75 Å². The van der Waals surface area contributed by atoms with Crippen molar-refractivity contribution in [2.45, 2.75) is 37.7 Å². The molecule has 27 heavy (non-hydrogen) atoms. The molecule has 3 aromatic rings. The third-order valence-corrected chi connectivity index (χ3v) is 7.98. The van der Waals surface area contributed by atoms with Crippen LogP contribution in [0, 0.1) is 23.7 Å². The molecule has 1 spiro atoms. The van der Waals surface area contributed by atoms with E-state index >= 15 is 0 Å². The highest BCUT2D eigenvalue weighted by Crippen LogP contribution is 2.61. The molecule has 2 heteroatoms. The Morgan fingerprint density at radius 2 is 1.52 bits per heavy atom. The van der Waals surface area contributed by atoms with Gasteiger partial charge in [-0.2, -0.15) is 0 Å². The number of hydrogen-bond donors (Lipinski definition) is 0. The summed E-state index contributed by atoms with van der Waals surface area (Å²) in [6.07, 6.45) is 13.6. The number of aromatic nitrogens is 1. The molecule has 5 aliphatic rings. The summed E-state index contributed by atoms with van der Waals surface area (Å²) in [5, 5.41) is 3.76. The van der Waals surface area contributed by atoms with Crippen LogP contribution in [0.2, 0.25) is 0 Å². The van der Waals surface area contributed by atoms with E-state index in [1.807, 2.05) is 12.3 Å². The van der Waals surface area contributed by atoms with Crippen molar-refractivity contribution in [1.82, 2.24) is 4.98 Å². The van der Waals surface area contributed by atoms with Gasteiger partial charge in [-0.3, -0.25) is 4.98 Å². The predicted octanol–water partition coefficient (Wildman–Crippen LogP) is 5.99. The SMILES string of the molecule is C1=CC2(Oc3c1c1ccccc1c1cccnc31)C1CC3CC(C1)CC2C3. The average Bonchev–Trinajstić information content (AvgIpc) is 2.72. The third-order valence-electron chi connectivity index (χ3n) is 7.98. The topological polar surface area (TPSA) is 22.1 Å². The lowest BCUT2D eigenvalue weighted by Crippen LogP contribution is -2.60. The summed E-state index contributed by atoms with van der Waals surface area (Å²) in [6.45, 7) is 0. The molecule has 0 unspecified atom stereocenters. The summed E-state index contributed by atoms with van der Waals surface area (Å²) in [4.78, 5) is 4.78. The first-order valence-corrected chi connectivity index (χ1v) is 10.5. The Labute approximate surface area is 159 Å². The summed E-state index contributed by atoms with van der Waals surface area (Å²) in [6, 6.07) is 12.9. The van der Waals surface area contributed by atoms with E-state index in [1.165, 1.54) is 53.8 Å². The van der Waals surface area contributed by atoms with Gasteiger partial charge >= 0.3 is 0 Å². The van der Waals surface area contributed by atoms with Gasteiger partial charge in [-0.05, 0) is 66.9 Å². The molecule has 4 aliphatic carbocycles. The Kier molecular flexibility index (Phi) is 2.68. The van der Waals surface area contributed by atoms with E-state index in [1.54, 1.807) is 0 Å². The van der Waals surface area contributed by atoms with Crippen molar-refractivity contribution < 1.29 is 4.74 Å². The molecule has 2 heterocycles. The van der Waals surface area contributed by atoms with Crippen molar-refractivity contribution in [3.63, 3.8) is 0 Å². The van der Waals surface area contributed by atoms with Gasteiger partial charge in [-0.15, -0.1) is 0 Å². The lowest BCUT2D eigenvalue weighted by atomic mass is 9.49. The van der Waals surface area contributed by atoms with Gasteiger partial charge in [0, 0.05) is 29.0 Å². The zero-order valence-corrected chi connectivity index (χ0v) is 15.4. The van der Waals surface area contributed by atoms with Gasteiger partial charge in [-0.1, -0.05) is 36.4 Å². The van der Waals surface area contributed by atoms with Gasteiger partial charge in [0.1, 0.15) is 11.1 Å². The average molecular weight is 353 g/mol. The second-order valence-corrected chi connectivity index (χ2v) is 9.28. The number of benzene rings is 2. The molecule has 4 fully saturated rings. The van der Waals surface area contributed by atoms with E-state index < -0.39 is 0 Å². The molecule has 0 saturated heterocycles. The molecule has 0 radical (unpaired) electrons. The summed E-state index contributed by atoms with van der Waals surface area (Å²) >= 11 is 0. The van der Waals surface area contributed by atoms with Crippen LogP contribution in [-0.4, -0.2) is 10.6 Å². The summed E-state index contributed by atoms with van der Waals surface area (Å²) in [7, 11) is 0. The highest BCUT2D eigenvalue weighted by atomic mass is 16.5. The highest BCUT2D eigenvalue weighted by molar-refractivity contribution is 6.13. The highest BCUT2D eigenvalue weighted by Gasteiger charge is 2.58. The zero-order chi connectivity index (χ0) is 17.6. The Balaban J connectivity index is 1.49. The van der Waals surface area contributed by atoms with Crippen molar-refractivity contribution in [2.24, 2.45) is 23.7 Å². The van der Waals surface area contributed by atoms with Crippen molar-refractivity contribution >= 4 is 27.8 Å². The lowest BCUT2D eigenvalue weighted by molar-refractivity contribution is -0.127. The van der Waals surface area contributed by atoms with E-state index in [2.05, 4.69) is 42.5 Å². The van der Waals surface area contributed by atoms with Crippen LogP contribution < -0.4 is 4.74 Å². The van der Waals surface area contributed by atoms with Crippen molar-refractivity contribution in [2.75, 3.05) is 0 Å². The Bertz CT molecular complexity index is 1100.